The second-order valence-corrected chi connectivity index (χ2v) is 5.45. The summed E-state index contributed by atoms with van der Waals surface area (Å²) in [6.45, 7) is 2.74. The van der Waals surface area contributed by atoms with Crippen molar-refractivity contribution in [1.29, 1.82) is 0 Å². The van der Waals surface area contributed by atoms with Gasteiger partial charge in [-0.05, 0) is 48.9 Å². The monoisotopic (exact) mass is 275 g/mol. The quantitative estimate of drug-likeness (QED) is 0.641. The molecule has 0 spiro atoms. The van der Waals surface area contributed by atoms with E-state index in [9.17, 15) is 9.59 Å². The molecule has 0 aliphatic heterocycles. The fourth-order valence-corrected chi connectivity index (χ4v) is 2.55. The van der Waals surface area contributed by atoms with Gasteiger partial charge in [0.1, 0.15) is 5.75 Å². The predicted molar refractivity (Wildman–Crippen MR) is 76.9 cm³/mol. The molecule has 1 aromatic carbocycles. The SMILES string of the molecule is CCC1(CNC(=O)C(=O)c2ccc(OC)cc2)CCC1. The number of rotatable bonds is 6. The van der Waals surface area contributed by atoms with E-state index in [1.165, 1.54) is 6.42 Å². The first-order chi connectivity index (χ1) is 9.60. The van der Waals surface area contributed by atoms with Crippen molar-refractivity contribution in [2.24, 2.45) is 5.41 Å². The van der Waals surface area contributed by atoms with Crippen LogP contribution >= 0.6 is 0 Å². The van der Waals surface area contributed by atoms with Crippen molar-refractivity contribution in [3.8, 4) is 5.75 Å². The van der Waals surface area contributed by atoms with Crippen LogP contribution in [0.25, 0.3) is 0 Å². The molecule has 1 saturated carbocycles. The number of Topliss-reactive ketones (excluding diaryl/α,β-unsaturated/α-hetero) is 1. The van der Waals surface area contributed by atoms with Crippen LogP contribution in [0.3, 0.4) is 0 Å². The van der Waals surface area contributed by atoms with Gasteiger partial charge in [-0.25, -0.2) is 0 Å². The molecule has 1 aliphatic rings. The zero-order valence-corrected chi connectivity index (χ0v) is 12.1. The van der Waals surface area contributed by atoms with Gasteiger partial charge in [-0.3, -0.25) is 9.59 Å². The Labute approximate surface area is 119 Å². The molecular formula is C16H21NO3. The molecule has 1 N–H and O–H groups in total. The first-order valence-corrected chi connectivity index (χ1v) is 7.07. The van der Waals surface area contributed by atoms with Crippen LogP contribution in [0.2, 0.25) is 0 Å². The smallest absolute Gasteiger partial charge is 0.292 e. The Hall–Kier alpha value is -1.84. The second-order valence-electron chi connectivity index (χ2n) is 5.45. The maximum Gasteiger partial charge on any atom is 0.292 e. The molecule has 0 aromatic heterocycles. The number of methoxy groups -OCH3 is 1. The minimum atomic E-state index is -0.519. The van der Waals surface area contributed by atoms with Crippen LogP contribution in [0.5, 0.6) is 5.75 Å². The van der Waals surface area contributed by atoms with Crippen molar-refractivity contribution in [2.75, 3.05) is 13.7 Å². The Morgan fingerprint density at radius 1 is 1.25 bits per heavy atom. The van der Waals surface area contributed by atoms with Crippen molar-refractivity contribution in [3.05, 3.63) is 29.8 Å². The molecule has 1 amide bonds. The van der Waals surface area contributed by atoms with E-state index in [1.807, 2.05) is 0 Å². The van der Waals surface area contributed by atoms with Gasteiger partial charge in [-0.15, -0.1) is 0 Å². The lowest BCUT2D eigenvalue weighted by molar-refractivity contribution is -0.117. The number of hydrogen-bond acceptors (Lipinski definition) is 3. The Morgan fingerprint density at radius 2 is 1.90 bits per heavy atom. The third-order valence-corrected chi connectivity index (χ3v) is 4.35. The number of hydrogen-bond donors (Lipinski definition) is 1. The molecule has 4 nitrogen and oxygen atoms in total. The Kier molecular flexibility index (Phi) is 4.42. The van der Waals surface area contributed by atoms with Crippen LogP contribution in [0.4, 0.5) is 0 Å². The van der Waals surface area contributed by atoms with Gasteiger partial charge >= 0.3 is 0 Å². The van der Waals surface area contributed by atoms with Crippen molar-refractivity contribution in [2.45, 2.75) is 32.6 Å². The molecule has 0 bridgehead atoms. The van der Waals surface area contributed by atoms with Crippen LogP contribution in [-0.2, 0) is 4.79 Å². The van der Waals surface area contributed by atoms with Crippen LogP contribution in [-0.4, -0.2) is 25.3 Å². The molecule has 108 valence electrons. The summed E-state index contributed by atoms with van der Waals surface area (Å²) in [4.78, 5) is 23.9. The minimum Gasteiger partial charge on any atom is -0.497 e. The van der Waals surface area contributed by atoms with Gasteiger partial charge in [0.05, 0.1) is 7.11 Å². The second kappa shape index (κ2) is 6.07. The summed E-state index contributed by atoms with van der Waals surface area (Å²) in [6, 6.07) is 6.58. The maximum absolute atomic E-state index is 12.0. The molecule has 1 aliphatic carbocycles. The van der Waals surface area contributed by atoms with E-state index in [2.05, 4.69) is 12.2 Å². The number of ketones is 1. The van der Waals surface area contributed by atoms with E-state index in [0.717, 1.165) is 19.3 Å². The highest BCUT2D eigenvalue weighted by Crippen LogP contribution is 2.42. The lowest BCUT2D eigenvalue weighted by atomic mass is 9.67. The highest BCUT2D eigenvalue weighted by atomic mass is 16.5. The summed E-state index contributed by atoms with van der Waals surface area (Å²) in [5.41, 5.74) is 0.609. The van der Waals surface area contributed by atoms with Crippen LogP contribution < -0.4 is 10.1 Å². The summed E-state index contributed by atoms with van der Waals surface area (Å²) in [5.74, 6) is -0.338. The number of carbonyl (C=O) groups excluding carboxylic acids is 2. The molecule has 0 radical (unpaired) electrons. The van der Waals surface area contributed by atoms with E-state index in [4.69, 9.17) is 4.74 Å². The number of nitrogens with one attached hydrogen (secondary N) is 1. The normalized spacial score (nSPS) is 16.1. The first kappa shape index (κ1) is 14.6. The summed E-state index contributed by atoms with van der Waals surface area (Å²) >= 11 is 0. The number of ether oxygens (including phenoxy) is 1. The van der Waals surface area contributed by atoms with Crippen LogP contribution in [0, 0.1) is 5.41 Å². The lowest BCUT2D eigenvalue weighted by Gasteiger charge is -2.41. The van der Waals surface area contributed by atoms with Crippen molar-refractivity contribution < 1.29 is 14.3 Å². The minimum absolute atomic E-state index is 0.218. The molecule has 0 saturated heterocycles. The van der Waals surface area contributed by atoms with Crippen molar-refractivity contribution in [1.82, 2.24) is 5.32 Å². The first-order valence-electron chi connectivity index (χ1n) is 7.07. The van der Waals surface area contributed by atoms with Gasteiger partial charge < -0.3 is 10.1 Å². The third kappa shape index (κ3) is 3.00. The number of benzene rings is 1. The van der Waals surface area contributed by atoms with E-state index < -0.39 is 11.7 Å². The van der Waals surface area contributed by atoms with Gasteiger partial charge in [0.2, 0.25) is 5.78 Å². The summed E-state index contributed by atoms with van der Waals surface area (Å²) < 4.78 is 5.03. The standard InChI is InChI=1S/C16H21NO3/c1-3-16(9-4-10-16)11-17-15(19)14(18)12-5-7-13(20-2)8-6-12/h5-8H,3-4,9-11H2,1-2H3,(H,17,19). The molecule has 0 unspecified atom stereocenters. The van der Waals surface area contributed by atoms with Gasteiger partial charge in [0.15, 0.2) is 0 Å². The van der Waals surface area contributed by atoms with E-state index >= 15 is 0 Å². The molecule has 4 heteroatoms. The third-order valence-electron chi connectivity index (χ3n) is 4.35. The van der Waals surface area contributed by atoms with Gasteiger partial charge in [0.25, 0.3) is 5.91 Å². The van der Waals surface area contributed by atoms with Gasteiger partial charge in [-0.2, -0.15) is 0 Å². The zero-order valence-electron chi connectivity index (χ0n) is 12.1. The van der Waals surface area contributed by atoms with Gasteiger partial charge in [-0.1, -0.05) is 13.3 Å². The highest BCUT2D eigenvalue weighted by Gasteiger charge is 2.35. The largest absolute Gasteiger partial charge is 0.497 e. The van der Waals surface area contributed by atoms with Crippen LogP contribution in [0.1, 0.15) is 43.0 Å². The molecule has 2 rings (SSSR count). The lowest BCUT2D eigenvalue weighted by Crippen LogP contribution is -2.43. The Morgan fingerprint density at radius 3 is 2.35 bits per heavy atom. The number of carbonyl (C=O) groups is 2. The summed E-state index contributed by atoms with van der Waals surface area (Å²) in [7, 11) is 1.56. The average Bonchev–Trinajstić information content (AvgIpc) is 2.45. The van der Waals surface area contributed by atoms with Crippen LogP contribution in [0.15, 0.2) is 24.3 Å². The summed E-state index contributed by atoms with van der Waals surface area (Å²) in [6.07, 6.45) is 4.54. The average molecular weight is 275 g/mol. The van der Waals surface area contributed by atoms with E-state index in [-0.39, 0.29) is 5.41 Å². The molecule has 1 fully saturated rings. The van der Waals surface area contributed by atoms with E-state index in [1.54, 1.807) is 31.4 Å². The predicted octanol–water partition coefficient (Wildman–Crippen LogP) is 2.57. The fourth-order valence-electron chi connectivity index (χ4n) is 2.55. The maximum atomic E-state index is 12.0. The molecule has 0 atom stereocenters. The fraction of sp³-hybridized carbons (Fsp3) is 0.500. The Balaban J connectivity index is 1.92. The Bertz CT molecular complexity index is 483. The molecule has 0 heterocycles. The van der Waals surface area contributed by atoms with E-state index in [0.29, 0.717) is 17.9 Å². The number of amides is 1. The topological polar surface area (TPSA) is 55.4 Å². The summed E-state index contributed by atoms with van der Waals surface area (Å²) in [5, 5.41) is 2.78. The van der Waals surface area contributed by atoms with Crippen molar-refractivity contribution in [3.63, 3.8) is 0 Å². The molecule has 20 heavy (non-hydrogen) atoms. The molecule has 1 aromatic rings. The van der Waals surface area contributed by atoms with Gasteiger partial charge in [0, 0.05) is 12.1 Å². The zero-order chi connectivity index (χ0) is 14.6. The van der Waals surface area contributed by atoms with Crippen molar-refractivity contribution >= 4 is 11.7 Å². The molecular weight excluding hydrogens is 254 g/mol. The highest BCUT2D eigenvalue weighted by molar-refractivity contribution is 6.42.